The summed E-state index contributed by atoms with van der Waals surface area (Å²) in [5, 5.41) is 4.09. The third-order valence-corrected chi connectivity index (χ3v) is 7.12. The Hall–Kier alpha value is -3.60. The van der Waals surface area contributed by atoms with Crippen LogP contribution in [0.4, 0.5) is 11.6 Å². The third kappa shape index (κ3) is 5.62. The number of rotatable bonds is 7. The predicted octanol–water partition coefficient (Wildman–Crippen LogP) is 3.86. The number of aromatic nitrogens is 4. The summed E-state index contributed by atoms with van der Waals surface area (Å²) in [7, 11) is 3.92. The van der Waals surface area contributed by atoms with Crippen LogP contribution < -0.4 is 14.4 Å². The zero-order valence-electron chi connectivity index (χ0n) is 20.6. The van der Waals surface area contributed by atoms with Crippen LogP contribution >= 0.6 is 0 Å². The number of hydrogen-bond donors (Lipinski definition) is 1. The first-order chi connectivity index (χ1) is 17.4. The molecular formula is C26H29N7O2S. The highest BCUT2D eigenvalue weighted by molar-refractivity contribution is 7.92. The Bertz CT molecular complexity index is 1340. The first-order valence-corrected chi connectivity index (χ1v) is 12.9. The van der Waals surface area contributed by atoms with E-state index in [0.717, 1.165) is 43.0 Å². The van der Waals surface area contributed by atoms with E-state index in [4.69, 9.17) is 4.74 Å². The number of ether oxygens (including phenoxy) is 1. The fourth-order valence-electron chi connectivity index (χ4n) is 4.09. The summed E-state index contributed by atoms with van der Waals surface area (Å²) in [6.45, 7) is 6.02. The molecule has 0 bridgehead atoms. The maximum absolute atomic E-state index is 12.9. The van der Waals surface area contributed by atoms with Crippen LogP contribution in [-0.4, -0.2) is 62.4 Å². The maximum Gasteiger partial charge on any atom is 0.269 e. The molecule has 1 saturated heterocycles. The Balaban J connectivity index is 1.44. The molecule has 1 aliphatic heterocycles. The van der Waals surface area contributed by atoms with E-state index < -0.39 is 11.4 Å². The van der Waals surface area contributed by atoms with Crippen molar-refractivity contribution in [2.24, 2.45) is 7.05 Å². The molecule has 0 aliphatic carbocycles. The van der Waals surface area contributed by atoms with Gasteiger partial charge in [-0.2, -0.15) is 14.8 Å². The Kier molecular flexibility index (Phi) is 7.08. The number of hydrogen-bond acceptors (Lipinski definition) is 8. The fraction of sp³-hybridized carbons (Fsp3) is 0.269. The second-order valence-corrected chi connectivity index (χ2v) is 10.1. The Morgan fingerprint density at radius 2 is 1.78 bits per heavy atom. The van der Waals surface area contributed by atoms with Crippen molar-refractivity contribution in [1.82, 2.24) is 24.6 Å². The van der Waals surface area contributed by atoms with Crippen molar-refractivity contribution in [3.63, 3.8) is 0 Å². The van der Waals surface area contributed by atoms with Crippen LogP contribution in [0.1, 0.15) is 5.56 Å². The van der Waals surface area contributed by atoms with E-state index in [9.17, 15) is 4.55 Å². The minimum absolute atomic E-state index is 0.211. The quantitative estimate of drug-likeness (QED) is 0.380. The number of piperazine rings is 1. The summed E-state index contributed by atoms with van der Waals surface area (Å²) in [6.07, 6.45) is 3.24. The molecule has 0 spiro atoms. The van der Waals surface area contributed by atoms with Gasteiger partial charge in [0.05, 0.1) is 11.9 Å². The molecule has 4 aromatic rings. The SMILES string of the molecule is Cc1ccccc1-c1cc(Oc2cccc(N3CCN(C)CC3)c2)nc(N[S+]([O-])c2cnn(C)c2)n1. The van der Waals surface area contributed by atoms with Crippen molar-refractivity contribution in [2.45, 2.75) is 11.8 Å². The zero-order valence-corrected chi connectivity index (χ0v) is 21.4. The van der Waals surface area contributed by atoms with Crippen molar-refractivity contribution in [3.8, 4) is 22.9 Å². The zero-order chi connectivity index (χ0) is 25.1. The summed E-state index contributed by atoms with van der Waals surface area (Å²) in [5.74, 6) is 1.26. The summed E-state index contributed by atoms with van der Waals surface area (Å²) in [5.41, 5.74) is 3.81. The van der Waals surface area contributed by atoms with Gasteiger partial charge in [-0.05, 0) is 31.7 Å². The first-order valence-electron chi connectivity index (χ1n) is 11.8. The molecule has 0 saturated carbocycles. The molecule has 1 aliphatic rings. The Labute approximate surface area is 214 Å². The summed E-state index contributed by atoms with van der Waals surface area (Å²) in [6, 6.07) is 17.8. The van der Waals surface area contributed by atoms with Crippen molar-refractivity contribution in [3.05, 3.63) is 72.6 Å². The molecule has 1 fully saturated rings. The lowest BCUT2D eigenvalue weighted by Gasteiger charge is -2.34. The van der Waals surface area contributed by atoms with E-state index in [2.05, 4.69) is 42.7 Å². The number of likely N-dealkylation sites (N-methyl/N-ethyl adjacent to an activating group) is 1. The second kappa shape index (κ2) is 10.6. The highest BCUT2D eigenvalue weighted by Gasteiger charge is 2.19. The molecule has 5 rings (SSSR count). The summed E-state index contributed by atoms with van der Waals surface area (Å²) in [4.78, 5) is 14.4. The average molecular weight is 504 g/mol. The maximum atomic E-state index is 12.9. The van der Waals surface area contributed by atoms with E-state index in [1.54, 1.807) is 24.1 Å². The molecule has 9 nitrogen and oxygen atoms in total. The van der Waals surface area contributed by atoms with E-state index in [0.29, 0.717) is 22.2 Å². The predicted molar refractivity (Wildman–Crippen MR) is 142 cm³/mol. The molecule has 0 radical (unpaired) electrons. The van der Waals surface area contributed by atoms with Crippen molar-refractivity contribution >= 4 is 23.0 Å². The number of anilines is 2. The van der Waals surface area contributed by atoms with Gasteiger partial charge in [-0.3, -0.25) is 4.68 Å². The minimum Gasteiger partial charge on any atom is -0.588 e. The highest BCUT2D eigenvalue weighted by Crippen LogP contribution is 2.30. The summed E-state index contributed by atoms with van der Waals surface area (Å²) >= 11 is -1.57. The van der Waals surface area contributed by atoms with E-state index in [-0.39, 0.29) is 5.95 Å². The van der Waals surface area contributed by atoms with Crippen LogP contribution in [0.25, 0.3) is 11.3 Å². The minimum atomic E-state index is -1.57. The van der Waals surface area contributed by atoms with Crippen LogP contribution in [-0.2, 0) is 18.4 Å². The molecule has 2 aromatic heterocycles. The van der Waals surface area contributed by atoms with E-state index in [1.807, 2.05) is 55.5 Å². The van der Waals surface area contributed by atoms with Gasteiger partial charge in [0.25, 0.3) is 5.95 Å². The lowest BCUT2D eigenvalue weighted by atomic mass is 10.1. The fourth-order valence-corrected chi connectivity index (χ4v) is 4.85. The first kappa shape index (κ1) is 24.1. The van der Waals surface area contributed by atoms with Gasteiger partial charge < -0.3 is 19.1 Å². The van der Waals surface area contributed by atoms with Crippen molar-refractivity contribution < 1.29 is 9.29 Å². The normalized spacial score (nSPS) is 15.1. The Morgan fingerprint density at radius 1 is 0.972 bits per heavy atom. The third-order valence-electron chi connectivity index (χ3n) is 6.11. The van der Waals surface area contributed by atoms with Gasteiger partial charge in [0, 0.05) is 56.6 Å². The lowest BCUT2D eigenvalue weighted by Crippen LogP contribution is -2.44. The van der Waals surface area contributed by atoms with Crippen molar-refractivity contribution in [1.29, 1.82) is 0 Å². The van der Waals surface area contributed by atoms with Crippen LogP contribution in [0.2, 0.25) is 0 Å². The van der Waals surface area contributed by atoms with Crippen LogP contribution in [0.15, 0.2) is 71.9 Å². The van der Waals surface area contributed by atoms with Gasteiger partial charge in [0.15, 0.2) is 0 Å². The molecule has 1 unspecified atom stereocenters. The molecule has 1 atom stereocenters. The standard InChI is InChI=1S/C26H29N7O2S/c1-19-7-4-5-10-23(19)24-16-25(29-26(28-24)30-36(34)22-17-27-32(3)18-22)35-21-9-6-8-20(15-21)33-13-11-31(2)12-14-33/h4-10,15-18H,11-14H2,1-3H3,(H,28,29,30). The molecule has 36 heavy (non-hydrogen) atoms. The number of nitrogens with zero attached hydrogens (tertiary/aromatic N) is 6. The van der Waals surface area contributed by atoms with Crippen LogP contribution in [0.5, 0.6) is 11.6 Å². The van der Waals surface area contributed by atoms with Crippen molar-refractivity contribution in [2.75, 3.05) is 42.8 Å². The van der Waals surface area contributed by atoms with Gasteiger partial charge in [-0.15, -0.1) is 0 Å². The lowest BCUT2D eigenvalue weighted by molar-refractivity contribution is 0.312. The van der Waals surface area contributed by atoms with Crippen LogP contribution in [0.3, 0.4) is 0 Å². The molecular weight excluding hydrogens is 474 g/mol. The monoisotopic (exact) mass is 503 g/mol. The van der Waals surface area contributed by atoms with Gasteiger partial charge in [-0.25, -0.2) is 4.98 Å². The average Bonchev–Trinajstić information content (AvgIpc) is 3.31. The molecule has 2 aromatic carbocycles. The van der Waals surface area contributed by atoms with Gasteiger partial charge in [-0.1, -0.05) is 30.3 Å². The molecule has 186 valence electrons. The molecule has 1 N–H and O–H groups in total. The molecule has 10 heteroatoms. The van der Waals surface area contributed by atoms with E-state index >= 15 is 0 Å². The highest BCUT2D eigenvalue weighted by atomic mass is 32.2. The smallest absolute Gasteiger partial charge is 0.269 e. The number of aryl methyl sites for hydroxylation is 2. The second-order valence-electron chi connectivity index (χ2n) is 8.84. The topological polar surface area (TPSA) is 94.4 Å². The van der Waals surface area contributed by atoms with Crippen LogP contribution in [0, 0.1) is 6.92 Å². The van der Waals surface area contributed by atoms with Gasteiger partial charge in [0.2, 0.25) is 10.8 Å². The largest absolute Gasteiger partial charge is 0.588 e. The van der Waals surface area contributed by atoms with Gasteiger partial charge in [0.1, 0.15) is 23.3 Å². The molecule has 0 amide bonds. The van der Waals surface area contributed by atoms with Gasteiger partial charge >= 0.3 is 0 Å². The van der Waals surface area contributed by atoms with E-state index in [1.165, 1.54) is 0 Å². The Morgan fingerprint density at radius 3 is 2.53 bits per heavy atom. The molecule has 3 heterocycles. The number of benzene rings is 2. The number of nitrogens with one attached hydrogen (secondary N) is 1. The summed E-state index contributed by atoms with van der Waals surface area (Å²) < 4.78 is 23.6.